The Balaban J connectivity index is 1.34. The lowest BCUT2D eigenvalue weighted by atomic mass is 9.83. The average Bonchev–Trinajstić information content (AvgIpc) is 1.58. The summed E-state index contributed by atoms with van der Waals surface area (Å²) in [4.78, 5) is 124. The third-order valence-electron chi connectivity index (χ3n) is 16.5. The van der Waals surface area contributed by atoms with Crippen molar-refractivity contribution in [2.24, 2.45) is 23.5 Å². The number of ether oxygens (including phenoxy) is 7. The van der Waals surface area contributed by atoms with Crippen LogP contribution in [0.15, 0.2) is 54.1 Å². The van der Waals surface area contributed by atoms with Crippen LogP contribution in [0.4, 0.5) is 21.0 Å². The summed E-state index contributed by atoms with van der Waals surface area (Å²) in [5, 5.41) is 26.3. The van der Waals surface area contributed by atoms with Crippen LogP contribution >= 0.6 is 43.5 Å². The number of carbonyl (C=O) groups is 9. The van der Waals surface area contributed by atoms with E-state index in [0.717, 1.165) is 16.0 Å². The second kappa shape index (κ2) is 33.4. The number of unbranched alkanes of at least 4 members (excludes halogenated alkanes) is 1. The smallest absolute Gasteiger partial charge is 0.409 e. The molecule has 8 amide bonds. The van der Waals surface area contributed by atoms with Crippen molar-refractivity contribution in [2.75, 3.05) is 62.8 Å². The van der Waals surface area contributed by atoms with Gasteiger partial charge in [0.25, 0.3) is 5.91 Å². The van der Waals surface area contributed by atoms with Gasteiger partial charge in [-0.2, -0.15) is 0 Å². The number of aliphatic hydroxyl groups is 1. The minimum atomic E-state index is -1.93. The number of amides is 8. The molecular formula is C63H89Br2ClN8O17. The van der Waals surface area contributed by atoms with Gasteiger partial charge < -0.3 is 75.1 Å². The Morgan fingerprint density at radius 2 is 1.65 bits per heavy atom. The number of rotatable bonds is 26. The maximum Gasteiger partial charge on any atom is 0.409 e. The van der Waals surface area contributed by atoms with Gasteiger partial charge in [0.05, 0.1) is 43.9 Å². The zero-order chi connectivity index (χ0) is 67.9. The number of hydrogen-bond acceptors (Lipinski definition) is 17. The second-order valence-electron chi connectivity index (χ2n) is 24.4. The molecule has 3 aliphatic heterocycles. The summed E-state index contributed by atoms with van der Waals surface area (Å²) in [6.07, 6.45) is 1.71. The molecular weight excluding hydrogens is 1340 g/mol. The number of likely N-dealkylation sites (N-methyl/N-ethyl adjacent to an activating group) is 1. The third-order valence-corrected chi connectivity index (χ3v) is 18.5. The van der Waals surface area contributed by atoms with Crippen LogP contribution in [0.5, 0.6) is 11.5 Å². The van der Waals surface area contributed by atoms with E-state index in [4.69, 9.17) is 50.5 Å². The fourth-order valence-corrected chi connectivity index (χ4v) is 12.7. The van der Waals surface area contributed by atoms with E-state index >= 15 is 0 Å². The molecule has 2 saturated heterocycles. The first kappa shape index (κ1) is 75.2. The number of nitrogens with two attached hydrogens (primary N) is 1. The first-order valence-corrected chi connectivity index (χ1v) is 32.7. The highest BCUT2D eigenvalue weighted by atomic mass is 79.9. The molecule has 0 radical (unpaired) electrons. The second-order valence-corrected chi connectivity index (χ2v) is 26.1. The van der Waals surface area contributed by atoms with Gasteiger partial charge in [0.2, 0.25) is 23.6 Å². The zero-order valence-electron chi connectivity index (χ0n) is 54.0. The van der Waals surface area contributed by atoms with Gasteiger partial charge in [-0.25, -0.2) is 14.4 Å². The predicted octanol–water partition coefficient (Wildman–Crippen LogP) is 7.14. The highest BCUT2D eigenvalue weighted by molar-refractivity contribution is 9.09. The molecule has 0 unspecified atom stereocenters. The molecule has 0 aromatic heterocycles. The van der Waals surface area contributed by atoms with Crippen LogP contribution in [0.3, 0.4) is 0 Å². The lowest BCUT2D eigenvalue weighted by Gasteiger charge is -2.42. The minimum Gasteiger partial charge on any atom is -0.496 e. The largest absolute Gasteiger partial charge is 0.496 e. The van der Waals surface area contributed by atoms with E-state index in [1.165, 1.54) is 65.4 Å². The minimum absolute atomic E-state index is 0.0145. The Bertz CT molecular complexity index is 3040. The van der Waals surface area contributed by atoms with Gasteiger partial charge in [0, 0.05) is 68.9 Å². The molecule has 25 nitrogen and oxygen atoms in total. The van der Waals surface area contributed by atoms with E-state index in [-0.39, 0.29) is 66.1 Å². The molecule has 0 aliphatic carbocycles. The number of carbonyl (C=O) groups excluding carboxylic acids is 9. The van der Waals surface area contributed by atoms with Crippen LogP contribution in [0, 0.1) is 17.8 Å². The number of epoxide rings is 1. The molecule has 2 aromatic carbocycles. The molecule has 10 atom stereocenters. The predicted molar refractivity (Wildman–Crippen MR) is 347 cm³/mol. The molecule has 504 valence electrons. The summed E-state index contributed by atoms with van der Waals surface area (Å²) in [6, 6.07) is 3.31. The van der Waals surface area contributed by atoms with Gasteiger partial charge in [-0.1, -0.05) is 88.0 Å². The molecule has 3 heterocycles. The van der Waals surface area contributed by atoms with E-state index in [9.17, 15) is 48.3 Å². The number of anilines is 2. The summed E-state index contributed by atoms with van der Waals surface area (Å²) in [6.45, 7) is 13.9. The highest BCUT2D eigenvalue weighted by Gasteiger charge is 2.64. The first-order chi connectivity index (χ1) is 42.8. The maximum absolute atomic E-state index is 14.6. The van der Waals surface area contributed by atoms with Crippen molar-refractivity contribution in [2.45, 2.75) is 173 Å². The van der Waals surface area contributed by atoms with Crippen molar-refractivity contribution in [3.8, 4) is 11.5 Å². The number of nitrogens with one attached hydrogen (secondary N) is 5. The van der Waals surface area contributed by atoms with Crippen molar-refractivity contribution in [3.63, 3.8) is 0 Å². The normalized spacial score (nSPS) is 23.7. The number of benzene rings is 2. The number of nitrogens with zero attached hydrogens (tertiary/aromatic N) is 2. The topological polar surface area (TPSA) is 334 Å². The molecule has 3 aliphatic rings. The molecule has 2 fully saturated rings. The Hall–Kier alpha value is -6.52. The summed E-state index contributed by atoms with van der Waals surface area (Å²) in [5.41, 5.74) is 3.23. The Morgan fingerprint density at radius 3 is 2.27 bits per heavy atom. The van der Waals surface area contributed by atoms with Gasteiger partial charge in [-0.05, 0) is 109 Å². The number of hydrogen-bond donors (Lipinski definition) is 7. The van der Waals surface area contributed by atoms with Crippen LogP contribution in [0.1, 0.15) is 123 Å². The number of primary amides is 1. The zero-order valence-corrected chi connectivity index (χ0v) is 57.9. The van der Waals surface area contributed by atoms with E-state index in [1.807, 2.05) is 13.0 Å². The molecule has 8 N–H and O–H groups in total. The average molecular weight is 1430 g/mol. The van der Waals surface area contributed by atoms with E-state index in [0.29, 0.717) is 47.8 Å². The quantitative estimate of drug-likeness (QED) is 0.0162. The Labute approximate surface area is 553 Å². The third kappa shape index (κ3) is 20.2. The van der Waals surface area contributed by atoms with E-state index in [2.05, 4.69) is 58.4 Å². The number of allylic oxidation sites excluding steroid dienone is 3. The van der Waals surface area contributed by atoms with Gasteiger partial charge in [0.15, 0.2) is 5.72 Å². The molecule has 5 rings (SSSR count). The van der Waals surface area contributed by atoms with Crippen LogP contribution in [-0.2, 0) is 58.9 Å². The highest BCUT2D eigenvalue weighted by Crippen LogP contribution is 2.49. The first-order valence-electron chi connectivity index (χ1n) is 30.1. The van der Waals surface area contributed by atoms with Crippen LogP contribution in [0.25, 0.3) is 0 Å². The molecule has 28 heteroatoms. The molecule has 0 spiro atoms. The standard InChI is InChI=1S/C63H89Br2ClN8O17/c1-34(2)52(71-49(75)21-14-15-24-61(6,7)91-58(81)39(32-64)33-65)55(78)70-42(19-17-25-68-59(67)82)54(77)69-40-22-23-41(44(29-40)85-11)56(79)73(9)37(5)57(80)89-48-30-50(76)74(10)43-27-38(28-45(86-12)51(43)66)26-35(3)18-16-20-47(87-13)63(84)31-46(88-60(83)72-63)36(4)53-62(48,8)90-53/h16,18,20,22-23,27-29,34,36-37,39,42,46-48,52-53,84H,14-15,17,19,21,24-26,30-33H2,1-13H3,(H,69,77)(H,70,78)(H,71,75)(H,72,83)(H3,67,68,82)/b20-16+,35-18+/t36-,37+,42+,46+,47-,48+,52+,53+,62+,63+/m1/s1. The van der Waals surface area contributed by atoms with Gasteiger partial charge >= 0.3 is 24.1 Å². The fraction of sp³-hybridized carbons (Fsp3) is 0.603. The van der Waals surface area contributed by atoms with Gasteiger partial charge in [-0.15, -0.1) is 0 Å². The Morgan fingerprint density at radius 1 is 0.967 bits per heavy atom. The van der Waals surface area contributed by atoms with Crippen molar-refractivity contribution in [1.82, 2.24) is 26.2 Å². The number of halogens is 3. The maximum atomic E-state index is 14.6. The van der Waals surface area contributed by atoms with Gasteiger partial charge in [0.1, 0.15) is 64.2 Å². The number of methoxy groups -OCH3 is 3. The van der Waals surface area contributed by atoms with Crippen LogP contribution in [0.2, 0.25) is 5.02 Å². The number of urea groups is 1. The number of alkyl carbamates (subject to hydrolysis) is 1. The summed E-state index contributed by atoms with van der Waals surface area (Å²) >= 11 is 13.5. The van der Waals surface area contributed by atoms with E-state index in [1.54, 1.807) is 65.8 Å². The number of fused-ring (bicyclic) bond motifs is 5. The lowest BCUT2D eigenvalue weighted by Crippen LogP contribution is -2.63. The van der Waals surface area contributed by atoms with Crippen molar-refractivity contribution >= 4 is 108 Å². The molecule has 91 heavy (non-hydrogen) atoms. The summed E-state index contributed by atoms with van der Waals surface area (Å²) in [7, 11) is 7.04. The van der Waals surface area contributed by atoms with E-state index < -0.39 is 125 Å². The van der Waals surface area contributed by atoms with Gasteiger partial charge in [-0.3, -0.25) is 34.1 Å². The lowest BCUT2D eigenvalue weighted by molar-refractivity contribution is -0.161. The fourth-order valence-electron chi connectivity index (χ4n) is 10.8. The summed E-state index contributed by atoms with van der Waals surface area (Å²) in [5.74, 6) is -5.36. The number of esters is 2. The molecule has 4 bridgehead atoms. The number of alkyl halides is 2. The molecule has 0 saturated carbocycles. The Kier molecular flexibility index (Phi) is 27.6. The van der Waals surface area contributed by atoms with Crippen molar-refractivity contribution < 1.29 is 81.4 Å². The van der Waals surface area contributed by atoms with Crippen LogP contribution < -0.4 is 46.7 Å². The van der Waals surface area contributed by atoms with Crippen molar-refractivity contribution in [1.29, 1.82) is 0 Å². The van der Waals surface area contributed by atoms with Crippen molar-refractivity contribution in [3.05, 3.63) is 70.3 Å². The summed E-state index contributed by atoms with van der Waals surface area (Å²) < 4.78 is 41.0. The molecule has 2 aromatic rings. The van der Waals surface area contributed by atoms with Crippen LogP contribution in [-0.4, -0.2) is 176 Å². The monoisotopic (exact) mass is 1420 g/mol. The SMILES string of the molecule is COc1cc(NC(=O)[C@H](CCCNC(N)=O)NC(=O)[C@@H](NC(=O)CCCCC(C)(C)OC(=O)C(CBr)CBr)C(C)C)ccc1C(=O)N(C)[C@@H](C)C(=O)O[C@H]1CC(=O)N(C)c2cc(cc(OC)c2Cl)C/C(C)=C/C=C/[C@@H](OC)[C@@]2(O)C[C@H](OC(=O)N2)[C@@H](C)[C@@H]2O[C@@]12C.